The molecular weight excluding hydrogens is 239 g/mol. The van der Waals surface area contributed by atoms with Gasteiger partial charge >= 0.3 is 0 Å². The Morgan fingerprint density at radius 2 is 1.82 bits per heavy atom. The van der Waals surface area contributed by atoms with Gasteiger partial charge in [-0.1, -0.05) is 17.7 Å². The molecule has 0 saturated carbocycles. The van der Waals surface area contributed by atoms with Gasteiger partial charge in [0.2, 0.25) is 0 Å². The van der Waals surface area contributed by atoms with Gasteiger partial charge in [-0.25, -0.2) is 9.37 Å². The summed E-state index contributed by atoms with van der Waals surface area (Å²) in [6, 6.07) is 11.7. The number of rotatable bonds is 1. The van der Waals surface area contributed by atoms with Gasteiger partial charge < -0.3 is 4.98 Å². The van der Waals surface area contributed by atoms with Crippen molar-refractivity contribution in [2.75, 3.05) is 0 Å². The van der Waals surface area contributed by atoms with E-state index < -0.39 is 0 Å². The molecule has 3 aromatic rings. The number of halogens is 2. The van der Waals surface area contributed by atoms with Crippen LogP contribution in [0.3, 0.4) is 0 Å². The van der Waals surface area contributed by atoms with E-state index in [1.807, 2.05) is 12.1 Å². The van der Waals surface area contributed by atoms with Gasteiger partial charge in [0.1, 0.15) is 17.2 Å². The lowest BCUT2D eigenvalue weighted by molar-refractivity contribution is 0.628. The molecular formula is C13H8ClFN2. The summed E-state index contributed by atoms with van der Waals surface area (Å²) in [6.07, 6.45) is 0. The normalized spacial score (nSPS) is 10.9. The first-order valence-corrected chi connectivity index (χ1v) is 5.52. The van der Waals surface area contributed by atoms with E-state index >= 15 is 0 Å². The fourth-order valence-corrected chi connectivity index (χ4v) is 1.96. The second kappa shape index (κ2) is 3.86. The quantitative estimate of drug-likeness (QED) is 0.690. The Morgan fingerprint density at radius 1 is 1.06 bits per heavy atom. The van der Waals surface area contributed by atoms with Crippen molar-refractivity contribution >= 4 is 22.6 Å². The van der Waals surface area contributed by atoms with Crippen molar-refractivity contribution in [3.8, 4) is 11.4 Å². The Balaban J connectivity index is 2.18. The maximum absolute atomic E-state index is 12.8. The zero-order chi connectivity index (χ0) is 11.8. The van der Waals surface area contributed by atoms with Crippen molar-refractivity contribution in [3.05, 3.63) is 53.3 Å². The summed E-state index contributed by atoms with van der Waals surface area (Å²) in [7, 11) is 0. The first kappa shape index (κ1) is 10.3. The topological polar surface area (TPSA) is 28.7 Å². The van der Waals surface area contributed by atoms with Crippen LogP contribution in [0.15, 0.2) is 42.5 Å². The molecule has 0 amide bonds. The minimum Gasteiger partial charge on any atom is -0.338 e. The van der Waals surface area contributed by atoms with E-state index in [-0.39, 0.29) is 5.82 Å². The van der Waals surface area contributed by atoms with Crippen molar-refractivity contribution in [1.82, 2.24) is 9.97 Å². The molecule has 0 aliphatic heterocycles. The van der Waals surface area contributed by atoms with Gasteiger partial charge in [0, 0.05) is 5.56 Å². The van der Waals surface area contributed by atoms with E-state index in [1.165, 1.54) is 12.1 Å². The second-order valence-electron chi connectivity index (χ2n) is 3.73. The number of hydrogen-bond donors (Lipinski definition) is 1. The highest BCUT2D eigenvalue weighted by Crippen LogP contribution is 2.25. The zero-order valence-corrected chi connectivity index (χ0v) is 9.50. The van der Waals surface area contributed by atoms with Gasteiger partial charge in [0.25, 0.3) is 0 Å². The lowest BCUT2D eigenvalue weighted by Crippen LogP contribution is -1.80. The molecule has 0 saturated heterocycles. The molecule has 0 spiro atoms. The minimum atomic E-state index is -0.261. The smallest absolute Gasteiger partial charge is 0.138 e. The summed E-state index contributed by atoms with van der Waals surface area (Å²) in [6.45, 7) is 0. The Morgan fingerprint density at radius 3 is 2.53 bits per heavy atom. The minimum absolute atomic E-state index is 0.261. The van der Waals surface area contributed by atoms with E-state index in [4.69, 9.17) is 11.6 Å². The molecule has 2 nitrogen and oxygen atoms in total. The van der Waals surface area contributed by atoms with Crippen LogP contribution in [0.1, 0.15) is 0 Å². The van der Waals surface area contributed by atoms with E-state index in [1.54, 1.807) is 18.2 Å². The zero-order valence-electron chi connectivity index (χ0n) is 8.74. The third-order valence-corrected chi connectivity index (χ3v) is 2.89. The Hall–Kier alpha value is -1.87. The van der Waals surface area contributed by atoms with Gasteiger partial charge in [-0.3, -0.25) is 0 Å². The molecule has 0 aliphatic rings. The summed E-state index contributed by atoms with van der Waals surface area (Å²) in [4.78, 5) is 7.56. The van der Waals surface area contributed by atoms with Gasteiger partial charge in [0.15, 0.2) is 0 Å². The molecule has 0 bridgehead atoms. The average molecular weight is 247 g/mol. The van der Waals surface area contributed by atoms with Crippen LogP contribution in [0.5, 0.6) is 0 Å². The van der Waals surface area contributed by atoms with E-state index in [0.717, 1.165) is 16.6 Å². The molecule has 4 heteroatoms. The molecule has 0 atom stereocenters. The van der Waals surface area contributed by atoms with E-state index in [9.17, 15) is 4.39 Å². The molecule has 17 heavy (non-hydrogen) atoms. The molecule has 0 fully saturated rings. The first-order valence-electron chi connectivity index (χ1n) is 5.14. The van der Waals surface area contributed by atoms with E-state index in [0.29, 0.717) is 10.8 Å². The number of H-pyrrole nitrogens is 1. The van der Waals surface area contributed by atoms with Crippen molar-refractivity contribution in [2.24, 2.45) is 0 Å². The summed E-state index contributed by atoms with van der Waals surface area (Å²) in [5.74, 6) is 0.427. The number of nitrogens with zero attached hydrogens (tertiary/aromatic N) is 1. The Kier molecular flexibility index (Phi) is 2.34. The number of imidazole rings is 1. The van der Waals surface area contributed by atoms with Crippen LogP contribution < -0.4 is 0 Å². The maximum atomic E-state index is 12.8. The summed E-state index contributed by atoms with van der Waals surface area (Å²) >= 11 is 6.04. The first-order chi connectivity index (χ1) is 8.24. The Bertz CT molecular complexity index is 673. The van der Waals surface area contributed by atoms with Gasteiger partial charge in [-0.15, -0.1) is 0 Å². The highest BCUT2D eigenvalue weighted by molar-refractivity contribution is 6.34. The van der Waals surface area contributed by atoms with Crippen LogP contribution >= 0.6 is 11.6 Å². The van der Waals surface area contributed by atoms with Crippen molar-refractivity contribution < 1.29 is 4.39 Å². The number of fused-ring (bicyclic) bond motifs is 1. The van der Waals surface area contributed by atoms with Gasteiger partial charge in [0.05, 0.1) is 10.5 Å². The fourth-order valence-electron chi connectivity index (χ4n) is 1.74. The molecule has 84 valence electrons. The third-order valence-electron chi connectivity index (χ3n) is 2.58. The van der Waals surface area contributed by atoms with Gasteiger partial charge in [-0.05, 0) is 36.4 Å². The SMILES string of the molecule is Fc1ccc(-c2nc3c(Cl)cccc3[nH]2)cc1. The summed E-state index contributed by atoms with van der Waals surface area (Å²) in [5, 5.41) is 0.604. The molecule has 1 heterocycles. The molecule has 3 rings (SSSR count). The maximum Gasteiger partial charge on any atom is 0.138 e. The third kappa shape index (κ3) is 1.78. The van der Waals surface area contributed by atoms with Crippen LogP contribution in [-0.2, 0) is 0 Å². The van der Waals surface area contributed by atoms with Crippen LogP contribution in [0, 0.1) is 5.82 Å². The summed E-state index contributed by atoms with van der Waals surface area (Å²) < 4.78 is 12.8. The lowest BCUT2D eigenvalue weighted by Gasteiger charge is -1.94. The van der Waals surface area contributed by atoms with Crippen molar-refractivity contribution in [2.45, 2.75) is 0 Å². The van der Waals surface area contributed by atoms with Crippen molar-refractivity contribution in [1.29, 1.82) is 0 Å². The lowest BCUT2D eigenvalue weighted by atomic mass is 10.2. The molecule has 0 unspecified atom stereocenters. The number of para-hydroxylation sites is 1. The molecule has 0 aliphatic carbocycles. The summed E-state index contributed by atoms with van der Waals surface area (Å²) in [5.41, 5.74) is 2.43. The Labute approximate surface area is 102 Å². The monoisotopic (exact) mass is 246 g/mol. The molecule has 1 N–H and O–H groups in total. The van der Waals surface area contributed by atoms with Crippen LogP contribution in [0.25, 0.3) is 22.4 Å². The van der Waals surface area contributed by atoms with Crippen LogP contribution in [0.4, 0.5) is 4.39 Å². The molecule has 1 aromatic heterocycles. The van der Waals surface area contributed by atoms with Gasteiger partial charge in [-0.2, -0.15) is 0 Å². The largest absolute Gasteiger partial charge is 0.338 e. The second-order valence-corrected chi connectivity index (χ2v) is 4.14. The number of aromatic amines is 1. The van der Waals surface area contributed by atoms with Crippen LogP contribution in [-0.4, -0.2) is 9.97 Å². The van der Waals surface area contributed by atoms with Crippen LogP contribution in [0.2, 0.25) is 5.02 Å². The molecule has 2 aromatic carbocycles. The standard InChI is InChI=1S/C13H8ClFN2/c14-10-2-1-3-11-12(10)17-13(16-11)8-4-6-9(15)7-5-8/h1-7H,(H,16,17). The predicted octanol–water partition coefficient (Wildman–Crippen LogP) is 4.02. The average Bonchev–Trinajstić information content (AvgIpc) is 2.75. The number of nitrogens with one attached hydrogen (secondary N) is 1. The highest BCUT2D eigenvalue weighted by atomic mass is 35.5. The van der Waals surface area contributed by atoms with Crippen molar-refractivity contribution in [3.63, 3.8) is 0 Å². The number of benzene rings is 2. The van der Waals surface area contributed by atoms with E-state index in [2.05, 4.69) is 9.97 Å². The number of aromatic nitrogens is 2. The number of hydrogen-bond acceptors (Lipinski definition) is 1. The predicted molar refractivity (Wildman–Crippen MR) is 66.5 cm³/mol. The fraction of sp³-hybridized carbons (Fsp3) is 0. The highest BCUT2D eigenvalue weighted by Gasteiger charge is 2.07. The molecule has 0 radical (unpaired) electrons.